The molecule has 0 bridgehead atoms. The molecule has 3 amide bonds. The lowest BCUT2D eigenvalue weighted by atomic mass is 9.94. The van der Waals surface area contributed by atoms with Gasteiger partial charge in [0.25, 0.3) is 0 Å². The lowest BCUT2D eigenvalue weighted by Gasteiger charge is -2.28. The predicted octanol–water partition coefficient (Wildman–Crippen LogP) is 0.948. The van der Waals surface area contributed by atoms with Gasteiger partial charge in [-0.3, -0.25) is 19.6 Å². The number of carbonyl (C=O) groups excluding carboxylic acids is 2. The van der Waals surface area contributed by atoms with Crippen LogP contribution in [-0.2, 0) is 4.79 Å². The number of rotatable bonds is 7. The molecule has 0 radical (unpaired) electrons. The minimum Gasteiger partial charge on any atom is -0.329 e. The first kappa shape index (κ1) is 17.8. The van der Waals surface area contributed by atoms with Crippen molar-refractivity contribution in [1.82, 2.24) is 25.0 Å². The Kier molecular flexibility index (Phi) is 5.65. The Labute approximate surface area is 149 Å². The van der Waals surface area contributed by atoms with E-state index in [0.29, 0.717) is 18.5 Å². The number of nitrogens with zero attached hydrogens (tertiary/aromatic N) is 4. The number of nitrogens with one attached hydrogen (secondary N) is 1. The molecule has 1 aromatic rings. The van der Waals surface area contributed by atoms with E-state index in [1.165, 1.54) is 16.9 Å². The summed E-state index contributed by atoms with van der Waals surface area (Å²) in [4.78, 5) is 33.4. The Morgan fingerprint density at radius 3 is 2.92 bits per heavy atom. The van der Waals surface area contributed by atoms with Gasteiger partial charge in [-0.05, 0) is 57.6 Å². The maximum Gasteiger partial charge on any atom is 0.324 e. The third-order valence-electron chi connectivity index (χ3n) is 5.20. The van der Waals surface area contributed by atoms with Crippen molar-refractivity contribution in [2.45, 2.75) is 18.9 Å². The second kappa shape index (κ2) is 7.93. The molecule has 0 aliphatic carbocycles. The van der Waals surface area contributed by atoms with Gasteiger partial charge in [-0.2, -0.15) is 0 Å². The van der Waals surface area contributed by atoms with Crippen LogP contribution in [0.4, 0.5) is 4.79 Å². The first-order valence-corrected chi connectivity index (χ1v) is 8.93. The second-order valence-corrected chi connectivity index (χ2v) is 7.08. The number of pyridine rings is 1. The molecule has 25 heavy (non-hydrogen) atoms. The summed E-state index contributed by atoms with van der Waals surface area (Å²) in [7, 11) is 4.29. The SMILES string of the molecule is CN(CCCN1C(=O)CNC1=O)C[C@@H]1CCN(C)[C@H]1c1cccnc1. The van der Waals surface area contributed by atoms with Gasteiger partial charge in [0.2, 0.25) is 5.91 Å². The van der Waals surface area contributed by atoms with Crippen molar-refractivity contribution in [3.05, 3.63) is 30.1 Å². The molecule has 7 heteroatoms. The van der Waals surface area contributed by atoms with E-state index < -0.39 is 0 Å². The van der Waals surface area contributed by atoms with E-state index in [4.69, 9.17) is 0 Å². The van der Waals surface area contributed by atoms with Gasteiger partial charge in [-0.15, -0.1) is 0 Å². The Morgan fingerprint density at radius 1 is 1.40 bits per heavy atom. The zero-order valence-corrected chi connectivity index (χ0v) is 15.0. The highest BCUT2D eigenvalue weighted by atomic mass is 16.2. The van der Waals surface area contributed by atoms with Crippen LogP contribution in [0.2, 0.25) is 0 Å². The molecule has 136 valence electrons. The van der Waals surface area contributed by atoms with Gasteiger partial charge in [0.05, 0.1) is 6.54 Å². The van der Waals surface area contributed by atoms with Crippen LogP contribution in [0.25, 0.3) is 0 Å². The van der Waals surface area contributed by atoms with Crippen molar-refractivity contribution in [2.75, 3.05) is 46.8 Å². The molecule has 2 aliphatic heterocycles. The van der Waals surface area contributed by atoms with Gasteiger partial charge in [0, 0.05) is 31.5 Å². The van der Waals surface area contributed by atoms with Crippen molar-refractivity contribution in [2.24, 2.45) is 5.92 Å². The zero-order chi connectivity index (χ0) is 17.8. The monoisotopic (exact) mass is 345 g/mol. The number of aromatic nitrogens is 1. The largest absolute Gasteiger partial charge is 0.329 e. The maximum atomic E-state index is 11.6. The number of amides is 3. The summed E-state index contributed by atoms with van der Waals surface area (Å²) in [6, 6.07) is 4.30. The Morgan fingerprint density at radius 2 is 2.24 bits per heavy atom. The Hall–Kier alpha value is -1.99. The average Bonchev–Trinajstić information content (AvgIpc) is 3.12. The number of hydrogen-bond acceptors (Lipinski definition) is 5. The highest BCUT2D eigenvalue weighted by Crippen LogP contribution is 2.36. The number of hydrogen-bond donors (Lipinski definition) is 1. The van der Waals surface area contributed by atoms with Gasteiger partial charge in [-0.25, -0.2) is 4.79 Å². The molecule has 7 nitrogen and oxygen atoms in total. The molecule has 1 N–H and O–H groups in total. The normalized spacial score (nSPS) is 24.4. The molecule has 0 aromatic carbocycles. The van der Waals surface area contributed by atoms with E-state index in [0.717, 1.165) is 26.1 Å². The van der Waals surface area contributed by atoms with Crippen LogP contribution in [0, 0.1) is 5.92 Å². The summed E-state index contributed by atoms with van der Waals surface area (Å²) in [5.41, 5.74) is 1.28. The fourth-order valence-electron chi connectivity index (χ4n) is 3.97. The van der Waals surface area contributed by atoms with Crippen molar-refractivity contribution < 1.29 is 9.59 Å². The van der Waals surface area contributed by atoms with Crippen molar-refractivity contribution >= 4 is 11.9 Å². The first-order chi connectivity index (χ1) is 12.1. The molecule has 0 unspecified atom stereocenters. The summed E-state index contributed by atoms with van der Waals surface area (Å²) in [5.74, 6) is 0.442. The average molecular weight is 345 g/mol. The predicted molar refractivity (Wildman–Crippen MR) is 94.9 cm³/mol. The third-order valence-corrected chi connectivity index (χ3v) is 5.20. The van der Waals surface area contributed by atoms with Crippen LogP contribution in [0.15, 0.2) is 24.5 Å². The van der Waals surface area contributed by atoms with Crippen LogP contribution in [0.1, 0.15) is 24.4 Å². The zero-order valence-electron chi connectivity index (χ0n) is 15.0. The lowest BCUT2D eigenvalue weighted by Crippen LogP contribution is -2.35. The molecule has 3 heterocycles. The van der Waals surface area contributed by atoms with Crippen LogP contribution >= 0.6 is 0 Å². The Balaban J connectivity index is 1.49. The van der Waals surface area contributed by atoms with Gasteiger partial charge in [-0.1, -0.05) is 6.07 Å². The Bertz CT molecular complexity index is 593. The first-order valence-electron chi connectivity index (χ1n) is 8.93. The van der Waals surface area contributed by atoms with E-state index in [-0.39, 0.29) is 18.5 Å². The standard InChI is InChI=1S/C18H27N5O2/c1-21(8-4-9-23-16(24)12-20-18(23)25)13-15-6-10-22(2)17(15)14-5-3-7-19-11-14/h3,5,7,11,15,17H,4,6,8-10,12-13H2,1-2H3,(H,20,25)/t15-,17-/m0/s1. The topological polar surface area (TPSA) is 68.8 Å². The molecule has 3 rings (SSSR count). The second-order valence-electron chi connectivity index (χ2n) is 7.08. The van der Waals surface area contributed by atoms with E-state index in [9.17, 15) is 9.59 Å². The van der Waals surface area contributed by atoms with Gasteiger partial charge >= 0.3 is 6.03 Å². The summed E-state index contributed by atoms with van der Waals surface area (Å²) < 4.78 is 0. The van der Waals surface area contributed by atoms with Gasteiger partial charge in [0.15, 0.2) is 0 Å². The van der Waals surface area contributed by atoms with Crippen molar-refractivity contribution in [3.8, 4) is 0 Å². The molecule has 2 atom stereocenters. The third kappa shape index (κ3) is 4.16. The van der Waals surface area contributed by atoms with Crippen LogP contribution in [0.5, 0.6) is 0 Å². The number of imide groups is 1. The highest BCUT2D eigenvalue weighted by molar-refractivity contribution is 6.01. The fraction of sp³-hybridized carbons (Fsp3) is 0.611. The molecule has 2 fully saturated rings. The molecule has 0 spiro atoms. The van der Waals surface area contributed by atoms with Gasteiger partial charge < -0.3 is 10.2 Å². The van der Waals surface area contributed by atoms with Crippen LogP contribution in [0.3, 0.4) is 0 Å². The van der Waals surface area contributed by atoms with Crippen LogP contribution in [-0.4, -0.2) is 78.4 Å². The molecular weight excluding hydrogens is 318 g/mol. The molecule has 2 saturated heterocycles. The minimum absolute atomic E-state index is 0.123. The molecule has 0 saturated carbocycles. The van der Waals surface area contributed by atoms with E-state index in [2.05, 4.69) is 40.3 Å². The van der Waals surface area contributed by atoms with Crippen molar-refractivity contribution in [1.29, 1.82) is 0 Å². The van der Waals surface area contributed by atoms with E-state index in [1.54, 1.807) is 0 Å². The van der Waals surface area contributed by atoms with Crippen molar-refractivity contribution in [3.63, 3.8) is 0 Å². The number of urea groups is 1. The van der Waals surface area contributed by atoms with E-state index in [1.807, 2.05) is 18.5 Å². The minimum atomic E-state index is -0.262. The maximum absolute atomic E-state index is 11.6. The number of carbonyl (C=O) groups is 2. The number of likely N-dealkylation sites (tertiary alicyclic amines) is 1. The molecule has 2 aliphatic rings. The van der Waals surface area contributed by atoms with E-state index >= 15 is 0 Å². The highest BCUT2D eigenvalue weighted by Gasteiger charge is 2.33. The smallest absolute Gasteiger partial charge is 0.324 e. The van der Waals surface area contributed by atoms with Crippen LogP contribution < -0.4 is 5.32 Å². The van der Waals surface area contributed by atoms with Gasteiger partial charge in [0.1, 0.15) is 0 Å². The summed E-state index contributed by atoms with van der Waals surface area (Å²) >= 11 is 0. The summed E-state index contributed by atoms with van der Waals surface area (Å²) in [5, 5.41) is 2.56. The summed E-state index contributed by atoms with van der Waals surface area (Å²) in [6.07, 6.45) is 5.76. The summed E-state index contributed by atoms with van der Waals surface area (Å²) in [6.45, 7) is 3.60. The molecule has 1 aromatic heterocycles. The fourth-order valence-corrected chi connectivity index (χ4v) is 3.97. The quantitative estimate of drug-likeness (QED) is 0.745. The lowest BCUT2D eigenvalue weighted by molar-refractivity contribution is -0.125. The molecular formula is C18H27N5O2.